The average molecular weight is 425 g/mol. The molecule has 3 aromatic carbocycles. The van der Waals surface area contributed by atoms with Crippen molar-refractivity contribution in [2.24, 2.45) is 5.41 Å². The SMILES string of the molecule is c1ccc(CCc2csc(NCC3(C(c4ccccc4)c4ccccc4)CC3)n2)cc1. The third-order valence-corrected chi connectivity index (χ3v) is 7.28. The van der Waals surface area contributed by atoms with Crippen molar-refractivity contribution in [1.29, 1.82) is 0 Å². The Morgan fingerprint density at radius 3 is 1.94 bits per heavy atom. The molecular formula is C28H28N2S. The van der Waals surface area contributed by atoms with E-state index in [1.54, 1.807) is 11.3 Å². The second-order valence-corrected chi connectivity index (χ2v) is 9.46. The largest absolute Gasteiger partial charge is 0.361 e. The number of thiazole rings is 1. The van der Waals surface area contributed by atoms with Gasteiger partial charge in [0.05, 0.1) is 5.69 Å². The average Bonchev–Trinajstić information content (AvgIpc) is 3.46. The van der Waals surface area contributed by atoms with Crippen molar-refractivity contribution in [3.05, 3.63) is 119 Å². The number of benzene rings is 3. The van der Waals surface area contributed by atoms with Gasteiger partial charge in [0.2, 0.25) is 0 Å². The van der Waals surface area contributed by atoms with Gasteiger partial charge in [0, 0.05) is 17.8 Å². The summed E-state index contributed by atoms with van der Waals surface area (Å²) in [6, 6.07) is 32.6. The highest BCUT2D eigenvalue weighted by Gasteiger charge is 2.50. The summed E-state index contributed by atoms with van der Waals surface area (Å²) in [5.74, 6) is 0.417. The number of anilines is 1. The molecule has 0 spiro atoms. The molecule has 0 radical (unpaired) electrons. The van der Waals surface area contributed by atoms with Gasteiger partial charge in [0.15, 0.2) is 5.13 Å². The van der Waals surface area contributed by atoms with Crippen molar-refractivity contribution in [2.45, 2.75) is 31.6 Å². The van der Waals surface area contributed by atoms with Crippen LogP contribution in [0.15, 0.2) is 96.4 Å². The van der Waals surface area contributed by atoms with E-state index >= 15 is 0 Å². The Morgan fingerprint density at radius 1 is 0.774 bits per heavy atom. The molecule has 1 fully saturated rings. The number of aromatic nitrogens is 1. The minimum absolute atomic E-state index is 0.262. The van der Waals surface area contributed by atoms with Crippen molar-refractivity contribution < 1.29 is 0 Å². The highest BCUT2D eigenvalue weighted by Crippen LogP contribution is 2.58. The minimum atomic E-state index is 0.262. The van der Waals surface area contributed by atoms with Gasteiger partial charge in [0.1, 0.15) is 0 Å². The van der Waals surface area contributed by atoms with Crippen molar-refractivity contribution in [1.82, 2.24) is 4.98 Å². The predicted octanol–water partition coefficient (Wildman–Crippen LogP) is 6.95. The molecule has 5 rings (SSSR count). The van der Waals surface area contributed by atoms with E-state index in [2.05, 4.69) is 102 Å². The molecule has 0 aliphatic heterocycles. The Kier molecular flexibility index (Phi) is 5.86. The number of rotatable bonds is 9. The maximum Gasteiger partial charge on any atom is 0.182 e. The van der Waals surface area contributed by atoms with Gasteiger partial charge in [-0.3, -0.25) is 0 Å². The minimum Gasteiger partial charge on any atom is -0.361 e. The Labute approximate surface area is 189 Å². The summed E-state index contributed by atoms with van der Waals surface area (Å²) in [4.78, 5) is 4.87. The molecule has 1 heterocycles. The van der Waals surface area contributed by atoms with Crippen LogP contribution in [0.3, 0.4) is 0 Å². The van der Waals surface area contributed by atoms with Crippen molar-refractivity contribution in [3.8, 4) is 0 Å². The lowest BCUT2D eigenvalue weighted by Crippen LogP contribution is -2.24. The fourth-order valence-electron chi connectivity index (χ4n) is 4.59. The lowest BCUT2D eigenvalue weighted by Gasteiger charge is -2.28. The molecular weight excluding hydrogens is 396 g/mol. The summed E-state index contributed by atoms with van der Waals surface area (Å²) >= 11 is 1.73. The summed E-state index contributed by atoms with van der Waals surface area (Å²) in [7, 11) is 0. The standard InChI is InChI=1S/C28H28N2S/c1-4-10-22(11-5-1)16-17-25-20-31-27(30-25)29-21-28(18-19-28)26(23-12-6-2-7-13-23)24-14-8-3-9-15-24/h1-15,20,26H,16-19,21H2,(H,29,30). The van der Waals surface area contributed by atoms with Gasteiger partial charge < -0.3 is 5.32 Å². The molecule has 1 saturated carbocycles. The monoisotopic (exact) mass is 424 g/mol. The zero-order chi connectivity index (χ0) is 20.9. The quantitative estimate of drug-likeness (QED) is 0.314. The molecule has 0 amide bonds. The highest BCUT2D eigenvalue weighted by atomic mass is 32.1. The normalized spacial score (nSPS) is 14.5. The number of nitrogens with one attached hydrogen (secondary N) is 1. The van der Waals surface area contributed by atoms with Gasteiger partial charge in [-0.05, 0) is 47.8 Å². The van der Waals surface area contributed by atoms with Crippen molar-refractivity contribution in [2.75, 3.05) is 11.9 Å². The summed E-state index contributed by atoms with van der Waals surface area (Å²) < 4.78 is 0. The molecule has 4 aromatic rings. The first kappa shape index (κ1) is 20.0. The van der Waals surface area contributed by atoms with Gasteiger partial charge in [-0.2, -0.15) is 0 Å². The maximum atomic E-state index is 4.87. The molecule has 1 aromatic heterocycles. The van der Waals surface area contributed by atoms with E-state index in [0.717, 1.165) is 24.5 Å². The summed E-state index contributed by atoms with van der Waals surface area (Å²) in [5.41, 5.74) is 5.64. The molecule has 0 saturated heterocycles. The Hall–Kier alpha value is -2.91. The summed E-state index contributed by atoms with van der Waals surface area (Å²) in [6.07, 6.45) is 4.53. The summed E-state index contributed by atoms with van der Waals surface area (Å²) in [5, 5.41) is 6.95. The van der Waals surface area contributed by atoms with E-state index in [1.807, 2.05) is 0 Å². The molecule has 0 bridgehead atoms. The Balaban J connectivity index is 1.28. The van der Waals surface area contributed by atoms with E-state index in [-0.39, 0.29) is 5.41 Å². The summed E-state index contributed by atoms with van der Waals surface area (Å²) in [6.45, 7) is 0.965. The lowest BCUT2D eigenvalue weighted by atomic mass is 9.78. The predicted molar refractivity (Wildman–Crippen MR) is 131 cm³/mol. The molecule has 1 N–H and O–H groups in total. The second kappa shape index (κ2) is 9.07. The first-order valence-corrected chi connectivity index (χ1v) is 12.0. The van der Waals surface area contributed by atoms with Gasteiger partial charge in [0.25, 0.3) is 0 Å². The highest BCUT2D eigenvalue weighted by molar-refractivity contribution is 7.13. The van der Waals surface area contributed by atoms with Crippen LogP contribution in [-0.4, -0.2) is 11.5 Å². The fourth-order valence-corrected chi connectivity index (χ4v) is 5.33. The molecule has 3 heteroatoms. The molecule has 1 aliphatic carbocycles. The zero-order valence-electron chi connectivity index (χ0n) is 17.7. The topological polar surface area (TPSA) is 24.9 Å². The third kappa shape index (κ3) is 4.72. The molecule has 0 atom stereocenters. The van der Waals surface area contributed by atoms with Crippen LogP contribution < -0.4 is 5.32 Å². The van der Waals surface area contributed by atoms with E-state index in [1.165, 1.54) is 35.2 Å². The van der Waals surface area contributed by atoms with Crippen LogP contribution >= 0.6 is 11.3 Å². The first-order valence-electron chi connectivity index (χ1n) is 11.1. The molecule has 1 aliphatic rings. The smallest absolute Gasteiger partial charge is 0.182 e. The Morgan fingerprint density at radius 2 is 1.35 bits per heavy atom. The van der Waals surface area contributed by atoms with Gasteiger partial charge in [-0.25, -0.2) is 4.98 Å². The third-order valence-electron chi connectivity index (χ3n) is 6.43. The van der Waals surface area contributed by atoms with E-state index in [4.69, 9.17) is 4.98 Å². The van der Waals surface area contributed by atoms with Crippen LogP contribution in [0.5, 0.6) is 0 Å². The van der Waals surface area contributed by atoms with Crippen molar-refractivity contribution in [3.63, 3.8) is 0 Å². The first-order chi connectivity index (χ1) is 15.3. The van der Waals surface area contributed by atoms with Crippen LogP contribution in [0.4, 0.5) is 5.13 Å². The van der Waals surface area contributed by atoms with Gasteiger partial charge >= 0.3 is 0 Å². The maximum absolute atomic E-state index is 4.87. The van der Waals surface area contributed by atoms with Gasteiger partial charge in [-0.15, -0.1) is 11.3 Å². The fraction of sp³-hybridized carbons (Fsp3) is 0.250. The molecule has 156 valence electrons. The van der Waals surface area contributed by atoms with Crippen LogP contribution in [-0.2, 0) is 12.8 Å². The molecule has 2 nitrogen and oxygen atoms in total. The second-order valence-electron chi connectivity index (χ2n) is 8.60. The van der Waals surface area contributed by atoms with Crippen molar-refractivity contribution >= 4 is 16.5 Å². The molecule has 0 unspecified atom stereocenters. The van der Waals surface area contributed by atoms with E-state index in [9.17, 15) is 0 Å². The lowest BCUT2D eigenvalue weighted by molar-refractivity contribution is 0.471. The van der Waals surface area contributed by atoms with Crippen LogP contribution in [0.25, 0.3) is 0 Å². The van der Waals surface area contributed by atoms with Crippen LogP contribution in [0.1, 0.15) is 41.1 Å². The van der Waals surface area contributed by atoms with Crippen LogP contribution in [0, 0.1) is 5.41 Å². The number of nitrogens with zero attached hydrogens (tertiary/aromatic N) is 1. The van der Waals surface area contributed by atoms with E-state index in [0.29, 0.717) is 5.92 Å². The van der Waals surface area contributed by atoms with Gasteiger partial charge in [-0.1, -0.05) is 91.0 Å². The van der Waals surface area contributed by atoms with Crippen LogP contribution in [0.2, 0.25) is 0 Å². The number of hydrogen-bond acceptors (Lipinski definition) is 3. The van der Waals surface area contributed by atoms with E-state index < -0.39 is 0 Å². The zero-order valence-corrected chi connectivity index (χ0v) is 18.5. The molecule has 31 heavy (non-hydrogen) atoms. The Bertz CT molecular complexity index is 1050. The number of aryl methyl sites for hydroxylation is 2. The number of hydrogen-bond donors (Lipinski definition) is 1.